The molecule has 96 valence electrons. The summed E-state index contributed by atoms with van der Waals surface area (Å²) in [5.74, 6) is 2.26. The average molecular weight is 243 g/mol. The van der Waals surface area contributed by atoms with Crippen molar-refractivity contribution < 1.29 is 0 Å². The number of thioether (sulfide) groups is 1. The standard InChI is InChI=1S/C14H29NS/c1-4-10-15-14(11-16-12(2)3)13-8-6-5-7-9-13/h12-15H,4-11H2,1-3H3. The van der Waals surface area contributed by atoms with E-state index in [0.29, 0.717) is 0 Å². The van der Waals surface area contributed by atoms with Crippen LogP contribution >= 0.6 is 11.8 Å². The van der Waals surface area contributed by atoms with Crippen LogP contribution in [0.2, 0.25) is 0 Å². The van der Waals surface area contributed by atoms with Crippen molar-refractivity contribution >= 4 is 11.8 Å². The maximum atomic E-state index is 3.77. The van der Waals surface area contributed by atoms with Gasteiger partial charge < -0.3 is 5.32 Å². The maximum Gasteiger partial charge on any atom is 0.0186 e. The quantitative estimate of drug-likeness (QED) is 0.723. The Morgan fingerprint density at radius 1 is 1.19 bits per heavy atom. The molecule has 0 aromatic heterocycles. The first-order valence-electron chi connectivity index (χ1n) is 7.09. The van der Waals surface area contributed by atoms with E-state index in [9.17, 15) is 0 Å². The minimum Gasteiger partial charge on any atom is -0.313 e. The molecular formula is C14H29NS. The Bertz CT molecular complexity index is 164. The molecule has 0 heterocycles. The highest BCUT2D eigenvalue weighted by Gasteiger charge is 2.23. The predicted molar refractivity (Wildman–Crippen MR) is 76.3 cm³/mol. The van der Waals surface area contributed by atoms with Gasteiger partial charge in [0, 0.05) is 11.8 Å². The number of hydrogen-bond donors (Lipinski definition) is 1. The van der Waals surface area contributed by atoms with Crippen molar-refractivity contribution in [2.75, 3.05) is 12.3 Å². The van der Waals surface area contributed by atoms with E-state index in [1.54, 1.807) is 0 Å². The zero-order valence-corrected chi connectivity index (χ0v) is 12.1. The van der Waals surface area contributed by atoms with Gasteiger partial charge in [0.05, 0.1) is 0 Å². The molecule has 0 spiro atoms. The highest BCUT2D eigenvalue weighted by molar-refractivity contribution is 7.99. The Morgan fingerprint density at radius 3 is 2.44 bits per heavy atom. The van der Waals surface area contributed by atoms with E-state index in [1.807, 2.05) is 0 Å². The first-order valence-corrected chi connectivity index (χ1v) is 8.14. The smallest absolute Gasteiger partial charge is 0.0186 e. The summed E-state index contributed by atoms with van der Waals surface area (Å²) >= 11 is 2.12. The van der Waals surface area contributed by atoms with Gasteiger partial charge in [-0.15, -0.1) is 0 Å². The SMILES string of the molecule is CCCNC(CSC(C)C)C1CCCCC1. The van der Waals surface area contributed by atoms with Gasteiger partial charge in [0.15, 0.2) is 0 Å². The summed E-state index contributed by atoms with van der Waals surface area (Å²) in [5.41, 5.74) is 0. The van der Waals surface area contributed by atoms with Gasteiger partial charge in [-0.2, -0.15) is 11.8 Å². The molecule has 16 heavy (non-hydrogen) atoms. The molecule has 1 aliphatic carbocycles. The third-order valence-corrected chi connectivity index (χ3v) is 4.70. The molecule has 1 rings (SSSR count). The van der Waals surface area contributed by atoms with Crippen molar-refractivity contribution in [2.45, 2.75) is 70.6 Å². The summed E-state index contributed by atoms with van der Waals surface area (Å²) in [4.78, 5) is 0. The van der Waals surface area contributed by atoms with Gasteiger partial charge in [-0.1, -0.05) is 40.0 Å². The van der Waals surface area contributed by atoms with E-state index >= 15 is 0 Å². The molecule has 0 bridgehead atoms. The number of rotatable bonds is 7. The maximum absolute atomic E-state index is 3.77. The molecule has 0 amide bonds. The number of hydrogen-bond acceptors (Lipinski definition) is 2. The van der Waals surface area contributed by atoms with Gasteiger partial charge in [0.1, 0.15) is 0 Å². The van der Waals surface area contributed by atoms with Crippen LogP contribution in [0, 0.1) is 5.92 Å². The lowest BCUT2D eigenvalue weighted by Crippen LogP contribution is -2.40. The second kappa shape index (κ2) is 8.41. The first kappa shape index (κ1) is 14.4. The van der Waals surface area contributed by atoms with Crippen molar-refractivity contribution in [3.63, 3.8) is 0 Å². The minimum absolute atomic E-state index is 0.771. The molecule has 1 fully saturated rings. The molecule has 1 nitrogen and oxygen atoms in total. The van der Waals surface area contributed by atoms with Crippen molar-refractivity contribution in [1.29, 1.82) is 0 Å². The predicted octanol–water partition coefficient (Wildman–Crippen LogP) is 4.08. The third kappa shape index (κ3) is 5.58. The van der Waals surface area contributed by atoms with Crippen molar-refractivity contribution in [3.05, 3.63) is 0 Å². The molecule has 0 aromatic carbocycles. The highest BCUT2D eigenvalue weighted by Crippen LogP contribution is 2.28. The van der Waals surface area contributed by atoms with E-state index < -0.39 is 0 Å². The highest BCUT2D eigenvalue weighted by atomic mass is 32.2. The zero-order chi connectivity index (χ0) is 11.8. The fourth-order valence-corrected chi connectivity index (χ4v) is 3.51. The third-order valence-electron chi connectivity index (χ3n) is 3.48. The van der Waals surface area contributed by atoms with Gasteiger partial charge in [-0.3, -0.25) is 0 Å². The summed E-state index contributed by atoms with van der Waals surface area (Å²) in [6.07, 6.45) is 8.56. The summed E-state index contributed by atoms with van der Waals surface area (Å²) in [7, 11) is 0. The van der Waals surface area contributed by atoms with Crippen LogP contribution in [0.4, 0.5) is 0 Å². The second-order valence-corrected chi connectivity index (χ2v) is 6.95. The lowest BCUT2D eigenvalue weighted by atomic mass is 9.84. The normalized spacial score (nSPS) is 20.2. The lowest BCUT2D eigenvalue weighted by Gasteiger charge is -2.31. The summed E-state index contributed by atoms with van der Waals surface area (Å²) in [6, 6.07) is 0.771. The largest absolute Gasteiger partial charge is 0.313 e. The van der Waals surface area contributed by atoms with Crippen LogP contribution < -0.4 is 5.32 Å². The molecule has 1 N–H and O–H groups in total. The second-order valence-electron chi connectivity index (χ2n) is 5.34. The molecule has 1 aliphatic rings. The number of nitrogens with one attached hydrogen (secondary N) is 1. The average Bonchev–Trinajstić information content (AvgIpc) is 2.30. The molecule has 0 radical (unpaired) electrons. The van der Waals surface area contributed by atoms with Crippen LogP contribution in [0.1, 0.15) is 59.3 Å². The van der Waals surface area contributed by atoms with Crippen LogP contribution in [-0.2, 0) is 0 Å². The summed E-state index contributed by atoms with van der Waals surface area (Å²) < 4.78 is 0. The Hall–Kier alpha value is 0.310. The van der Waals surface area contributed by atoms with Crippen LogP contribution in [0.3, 0.4) is 0 Å². The summed E-state index contributed by atoms with van der Waals surface area (Å²) in [6.45, 7) is 8.07. The summed E-state index contributed by atoms with van der Waals surface area (Å²) in [5, 5.41) is 4.55. The van der Waals surface area contributed by atoms with E-state index in [-0.39, 0.29) is 0 Å². The first-order chi connectivity index (χ1) is 7.74. The fraction of sp³-hybridized carbons (Fsp3) is 1.00. The van der Waals surface area contributed by atoms with E-state index in [1.165, 1.54) is 50.8 Å². The zero-order valence-electron chi connectivity index (χ0n) is 11.3. The van der Waals surface area contributed by atoms with Crippen LogP contribution in [0.15, 0.2) is 0 Å². The van der Waals surface area contributed by atoms with Crippen molar-refractivity contribution in [2.24, 2.45) is 5.92 Å². The van der Waals surface area contributed by atoms with Crippen LogP contribution in [0.5, 0.6) is 0 Å². The Balaban J connectivity index is 2.34. The molecule has 0 aromatic rings. The van der Waals surface area contributed by atoms with Gasteiger partial charge in [-0.25, -0.2) is 0 Å². The van der Waals surface area contributed by atoms with E-state index in [0.717, 1.165) is 17.2 Å². The van der Waals surface area contributed by atoms with Crippen LogP contribution in [-0.4, -0.2) is 23.6 Å². The van der Waals surface area contributed by atoms with Gasteiger partial charge in [0.2, 0.25) is 0 Å². The Kier molecular flexibility index (Phi) is 7.55. The molecule has 0 saturated heterocycles. The van der Waals surface area contributed by atoms with Crippen molar-refractivity contribution in [1.82, 2.24) is 5.32 Å². The fourth-order valence-electron chi connectivity index (χ4n) is 2.52. The van der Waals surface area contributed by atoms with Gasteiger partial charge in [-0.05, 0) is 37.0 Å². The van der Waals surface area contributed by atoms with Crippen LogP contribution in [0.25, 0.3) is 0 Å². The molecule has 2 heteroatoms. The lowest BCUT2D eigenvalue weighted by molar-refractivity contribution is 0.285. The van der Waals surface area contributed by atoms with Crippen molar-refractivity contribution in [3.8, 4) is 0 Å². The Labute approximate surface area is 106 Å². The van der Waals surface area contributed by atoms with E-state index in [4.69, 9.17) is 0 Å². The molecule has 1 atom stereocenters. The monoisotopic (exact) mass is 243 g/mol. The molecule has 1 unspecified atom stereocenters. The van der Waals surface area contributed by atoms with E-state index in [2.05, 4.69) is 37.8 Å². The minimum atomic E-state index is 0.771. The molecular weight excluding hydrogens is 214 g/mol. The molecule has 1 saturated carbocycles. The van der Waals surface area contributed by atoms with Gasteiger partial charge in [0.25, 0.3) is 0 Å². The van der Waals surface area contributed by atoms with Gasteiger partial charge >= 0.3 is 0 Å². The topological polar surface area (TPSA) is 12.0 Å². The Morgan fingerprint density at radius 2 is 1.88 bits per heavy atom. The molecule has 0 aliphatic heterocycles.